The average Bonchev–Trinajstić information content (AvgIpc) is 2.65. The van der Waals surface area contributed by atoms with Crippen molar-refractivity contribution in [2.45, 2.75) is 57.3 Å². The quantitative estimate of drug-likeness (QED) is 0.186. The number of hydrogen-bond donors (Lipinski definition) is 1. The summed E-state index contributed by atoms with van der Waals surface area (Å²) >= 11 is 4.66. The number of benzene rings is 2. The van der Waals surface area contributed by atoms with E-state index in [-0.39, 0.29) is 0 Å². The zero-order chi connectivity index (χ0) is 18.8. The Morgan fingerprint density at radius 3 is 2.38 bits per heavy atom. The first kappa shape index (κ1) is 20.2. The number of thiol groups is 1. The minimum absolute atomic E-state index is 0.407. The van der Waals surface area contributed by atoms with Crippen molar-refractivity contribution in [3.05, 3.63) is 54.1 Å². The van der Waals surface area contributed by atoms with E-state index in [0.717, 1.165) is 46.6 Å². The van der Waals surface area contributed by atoms with E-state index in [1.54, 1.807) is 0 Å². The maximum Gasteiger partial charge on any atom is 0.331 e. The van der Waals surface area contributed by atoms with E-state index in [2.05, 4.69) is 42.9 Å². The van der Waals surface area contributed by atoms with E-state index in [0.29, 0.717) is 0 Å². The molecule has 138 valence electrons. The molecule has 0 aliphatic carbocycles. The normalized spacial score (nSPS) is 11.4. The lowest BCUT2D eigenvalue weighted by atomic mass is 9.99. The maximum atomic E-state index is 11.2. The van der Waals surface area contributed by atoms with Crippen LogP contribution in [0.1, 0.15) is 57.9 Å². The molecule has 2 aromatic rings. The molecule has 0 bridgehead atoms. The van der Waals surface area contributed by atoms with Gasteiger partial charge in [0.1, 0.15) is 0 Å². The summed E-state index contributed by atoms with van der Waals surface area (Å²) in [4.78, 5) is 16.9. The predicted octanol–water partition coefficient (Wildman–Crippen LogP) is 6.27. The zero-order valence-electron chi connectivity index (χ0n) is 15.6. The summed E-state index contributed by atoms with van der Waals surface area (Å²) in [6.45, 7) is 3.57. The Morgan fingerprint density at radius 2 is 1.73 bits per heavy atom. The van der Waals surface area contributed by atoms with Crippen molar-refractivity contribution in [3.63, 3.8) is 0 Å². The number of rotatable bonds is 9. The number of carbonyl (C=O) groups is 1. The summed E-state index contributed by atoms with van der Waals surface area (Å²) in [6, 6.07) is 16.3. The Bertz CT molecular complexity index is 741. The molecule has 4 heteroatoms. The third-order valence-corrected chi connectivity index (χ3v) is 4.59. The summed E-state index contributed by atoms with van der Waals surface area (Å²) in [5.41, 5.74) is 3.95. The molecular weight excluding hydrogens is 342 g/mol. The third kappa shape index (κ3) is 6.34. The van der Waals surface area contributed by atoms with E-state index >= 15 is 0 Å². The number of carbonyl (C=O) groups excluding carboxylic acids is 1. The molecule has 26 heavy (non-hydrogen) atoms. The Balaban J connectivity index is 2.18. The third-order valence-electron chi connectivity index (χ3n) is 4.22. The Kier molecular flexibility index (Phi) is 8.42. The van der Waals surface area contributed by atoms with Crippen LogP contribution in [0.2, 0.25) is 0 Å². The van der Waals surface area contributed by atoms with Gasteiger partial charge in [-0.1, -0.05) is 80.2 Å². The zero-order valence-corrected chi connectivity index (χ0v) is 16.5. The van der Waals surface area contributed by atoms with E-state index in [9.17, 15) is 4.79 Å². The van der Waals surface area contributed by atoms with Crippen molar-refractivity contribution in [2.75, 3.05) is 0 Å². The van der Waals surface area contributed by atoms with Gasteiger partial charge in [0.25, 0.3) is 0 Å². The van der Waals surface area contributed by atoms with Crippen LogP contribution in [-0.2, 0) is 9.63 Å². The molecule has 0 unspecified atom stereocenters. The highest BCUT2D eigenvalue weighted by atomic mass is 32.1. The molecule has 0 spiro atoms. The molecule has 0 radical (unpaired) electrons. The maximum absolute atomic E-state index is 11.2. The molecule has 0 aliphatic heterocycles. The summed E-state index contributed by atoms with van der Waals surface area (Å²) in [6.07, 6.45) is 6.63. The van der Waals surface area contributed by atoms with Crippen LogP contribution in [0.5, 0.6) is 0 Å². The number of nitrogens with zero attached hydrogens (tertiary/aromatic N) is 1. The van der Waals surface area contributed by atoms with Gasteiger partial charge in [0.05, 0.1) is 5.71 Å². The van der Waals surface area contributed by atoms with Gasteiger partial charge in [0.15, 0.2) is 0 Å². The highest BCUT2D eigenvalue weighted by Crippen LogP contribution is 2.26. The summed E-state index contributed by atoms with van der Waals surface area (Å²) in [5.74, 6) is -0.407. The topological polar surface area (TPSA) is 38.7 Å². The fraction of sp³-hybridized carbons (Fsp3) is 0.364. The first-order chi connectivity index (χ1) is 12.6. The second-order valence-corrected chi connectivity index (χ2v) is 6.86. The van der Waals surface area contributed by atoms with E-state index in [1.807, 2.05) is 30.3 Å². The van der Waals surface area contributed by atoms with Crippen LogP contribution >= 0.6 is 12.6 Å². The van der Waals surface area contributed by atoms with Crippen molar-refractivity contribution in [1.29, 1.82) is 0 Å². The lowest BCUT2D eigenvalue weighted by Gasteiger charge is -2.11. The monoisotopic (exact) mass is 369 g/mol. The van der Waals surface area contributed by atoms with Crippen molar-refractivity contribution in [2.24, 2.45) is 5.16 Å². The number of oxime groups is 1. The molecule has 3 nitrogen and oxygen atoms in total. The van der Waals surface area contributed by atoms with Gasteiger partial charge in [-0.3, -0.25) is 0 Å². The van der Waals surface area contributed by atoms with Gasteiger partial charge in [-0.2, -0.15) is 0 Å². The highest BCUT2D eigenvalue weighted by Gasteiger charge is 2.11. The smallest absolute Gasteiger partial charge is 0.318 e. The molecule has 2 aromatic carbocycles. The molecule has 0 saturated carbocycles. The van der Waals surface area contributed by atoms with Crippen molar-refractivity contribution < 1.29 is 9.63 Å². The summed E-state index contributed by atoms with van der Waals surface area (Å²) in [5, 5.41) is 4.09. The second-order valence-electron chi connectivity index (χ2n) is 6.38. The minimum atomic E-state index is -0.407. The molecule has 0 aromatic heterocycles. The Hall–Kier alpha value is -2.07. The van der Waals surface area contributed by atoms with Gasteiger partial charge >= 0.3 is 5.97 Å². The van der Waals surface area contributed by atoms with Crippen molar-refractivity contribution in [1.82, 2.24) is 0 Å². The van der Waals surface area contributed by atoms with E-state index in [1.165, 1.54) is 26.2 Å². The molecule has 0 aliphatic rings. The van der Waals surface area contributed by atoms with Crippen molar-refractivity contribution >= 4 is 24.3 Å². The molecule has 0 heterocycles. The van der Waals surface area contributed by atoms with Crippen LogP contribution in [0.3, 0.4) is 0 Å². The Morgan fingerprint density at radius 1 is 1.00 bits per heavy atom. The number of hydrogen-bond acceptors (Lipinski definition) is 4. The van der Waals surface area contributed by atoms with Crippen LogP contribution in [-0.4, -0.2) is 11.7 Å². The lowest BCUT2D eigenvalue weighted by molar-refractivity contribution is -0.140. The van der Waals surface area contributed by atoms with Crippen molar-refractivity contribution in [3.8, 4) is 11.1 Å². The molecule has 0 fully saturated rings. The van der Waals surface area contributed by atoms with Gasteiger partial charge in [-0.15, -0.1) is 12.6 Å². The highest BCUT2D eigenvalue weighted by molar-refractivity contribution is 7.80. The lowest BCUT2D eigenvalue weighted by Crippen LogP contribution is -2.05. The van der Waals surface area contributed by atoms with Gasteiger partial charge in [0, 0.05) is 17.4 Å². The molecule has 0 N–H and O–H groups in total. The van der Waals surface area contributed by atoms with Crippen LogP contribution < -0.4 is 0 Å². The fourth-order valence-corrected chi connectivity index (χ4v) is 3.17. The molecule has 2 rings (SSSR count). The largest absolute Gasteiger partial charge is 0.331 e. The minimum Gasteiger partial charge on any atom is -0.318 e. The SMILES string of the molecule is CCCCCCCC(=NOC(C)=O)c1ccc(-c2ccccc2)cc1S. The van der Waals surface area contributed by atoms with E-state index in [4.69, 9.17) is 4.84 Å². The van der Waals surface area contributed by atoms with E-state index < -0.39 is 5.97 Å². The van der Waals surface area contributed by atoms with Gasteiger partial charge in [-0.25, -0.2) is 4.79 Å². The molecular formula is C22H27NO2S. The average molecular weight is 370 g/mol. The fourth-order valence-electron chi connectivity index (χ4n) is 2.83. The standard InChI is InChI=1S/C22H27NO2S/c1-3-4-5-6-10-13-21(23-25-17(2)24)20-15-14-19(16-22(20)26)18-11-8-7-9-12-18/h7-9,11-12,14-16,26H,3-6,10,13H2,1-2H3. The molecule has 0 amide bonds. The van der Waals surface area contributed by atoms with Gasteiger partial charge < -0.3 is 4.84 Å². The molecule has 0 saturated heterocycles. The Labute approximate surface area is 161 Å². The predicted molar refractivity (Wildman–Crippen MR) is 111 cm³/mol. The van der Waals surface area contributed by atoms with Crippen LogP contribution in [0.4, 0.5) is 0 Å². The van der Waals surface area contributed by atoms with Gasteiger partial charge in [-0.05, 0) is 30.0 Å². The van der Waals surface area contributed by atoms with Crippen LogP contribution in [0.15, 0.2) is 58.6 Å². The summed E-state index contributed by atoms with van der Waals surface area (Å²) < 4.78 is 0. The van der Waals surface area contributed by atoms with Gasteiger partial charge in [0.2, 0.25) is 0 Å². The molecule has 0 atom stereocenters. The first-order valence-corrected chi connectivity index (χ1v) is 9.69. The van der Waals surface area contributed by atoms with Crippen LogP contribution in [0, 0.1) is 0 Å². The number of unbranched alkanes of at least 4 members (excludes halogenated alkanes) is 4. The summed E-state index contributed by atoms with van der Waals surface area (Å²) in [7, 11) is 0. The van der Waals surface area contributed by atoms with Crippen LogP contribution in [0.25, 0.3) is 11.1 Å². The second kappa shape index (κ2) is 10.8. The first-order valence-electron chi connectivity index (χ1n) is 9.25.